The lowest BCUT2D eigenvalue weighted by Crippen LogP contribution is -2.30. The van der Waals surface area contributed by atoms with Crippen LogP contribution in [0, 0.1) is 5.92 Å². The van der Waals surface area contributed by atoms with Crippen molar-refractivity contribution in [2.75, 3.05) is 7.05 Å². The van der Waals surface area contributed by atoms with E-state index in [1.807, 2.05) is 11.8 Å². The van der Waals surface area contributed by atoms with Gasteiger partial charge < -0.3 is 9.88 Å². The van der Waals surface area contributed by atoms with Crippen molar-refractivity contribution in [3.8, 4) is 0 Å². The first-order valence-corrected chi connectivity index (χ1v) is 8.94. The summed E-state index contributed by atoms with van der Waals surface area (Å²) in [5.41, 5.74) is 0. The van der Waals surface area contributed by atoms with Gasteiger partial charge in [0.05, 0.1) is 0 Å². The quantitative estimate of drug-likeness (QED) is 0.906. The second kappa shape index (κ2) is 5.02. The molecule has 0 bridgehead atoms. The van der Waals surface area contributed by atoms with E-state index in [9.17, 15) is 0 Å². The zero-order valence-electron chi connectivity index (χ0n) is 12.4. The van der Waals surface area contributed by atoms with Gasteiger partial charge in [-0.05, 0) is 51.5 Å². The van der Waals surface area contributed by atoms with E-state index in [-0.39, 0.29) is 0 Å². The Morgan fingerprint density at radius 2 is 1.90 bits per heavy atom. The van der Waals surface area contributed by atoms with Crippen LogP contribution in [0.3, 0.4) is 0 Å². The van der Waals surface area contributed by atoms with Crippen molar-refractivity contribution in [1.82, 2.24) is 20.1 Å². The molecule has 4 nitrogen and oxygen atoms in total. The molecule has 3 atom stereocenters. The van der Waals surface area contributed by atoms with Gasteiger partial charge in [-0.1, -0.05) is 18.7 Å². The van der Waals surface area contributed by atoms with Gasteiger partial charge in [-0.3, -0.25) is 0 Å². The minimum absolute atomic E-state index is 0.674. The number of rotatable bonds is 5. The highest BCUT2D eigenvalue weighted by molar-refractivity contribution is 7.99. The summed E-state index contributed by atoms with van der Waals surface area (Å²) in [5, 5.41) is 14.4. The van der Waals surface area contributed by atoms with Crippen LogP contribution in [0.4, 0.5) is 0 Å². The zero-order valence-corrected chi connectivity index (χ0v) is 13.2. The third kappa shape index (κ3) is 2.29. The lowest BCUT2D eigenvalue weighted by molar-refractivity contribution is 0.463. The molecule has 3 saturated carbocycles. The van der Waals surface area contributed by atoms with E-state index >= 15 is 0 Å². The molecule has 5 heteroatoms. The first-order valence-electron chi connectivity index (χ1n) is 8.06. The van der Waals surface area contributed by atoms with Crippen molar-refractivity contribution < 1.29 is 0 Å². The van der Waals surface area contributed by atoms with Crippen molar-refractivity contribution in [2.24, 2.45) is 5.92 Å². The molecule has 110 valence electrons. The van der Waals surface area contributed by atoms with E-state index in [1.54, 1.807) is 0 Å². The number of aromatic nitrogens is 3. The molecule has 4 rings (SSSR count). The molecule has 3 aliphatic carbocycles. The van der Waals surface area contributed by atoms with E-state index in [2.05, 4.69) is 34.1 Å². The summed E-state index contributed by atoms with van der Waals surface area (Å²) in [7, 11) is 2.09. The number of nitrogens with zero attached hydrogens (tertiary/aromatic N) is 3. The van der Waals surface area contributed by atoms with E-state index in [0.717, 1.165) is 5.92 Å². The predicted octanol–water partition coefficient (Wildman–Crippen LogP) is 2.97. The summed E-state index contributed by atoms with van der Waals surface area (Å²) in [6.07, 6.45) is 7.87. The zero-order chi connectivity index (χ0) is 13.7. The highest BCUT2D eigenvalue weighted by Gasteiger charge is 2.39. The third-order valence-electron chi connectivity index (χ3n) is 5.16. The molecule has 20 heavy (non-hydrogen) atoms. The van der Waals surface area contributed by atoms with Gasteiger partial charge in [0, 0.05) is 23.3 Å². The van der Waals surface area contributed by atoms with Crippen LogP contribution in [-0.4, -0.2) is 33.1 Å². The van der Waals surface area contributed by atoms with Gasteiger partial charge in [-0.15, -0.1) is 10.2 Å². The van der Waals surface area contributed by atoms with Gasteiger partial charge >= 0.3 is 0 Å². The Hall–Kier alpha value is -0.550. The highest BCUT2D eigenvalue weighted by atomic mass is 32.2. The number of hydrogen-bond donors (Lipinski definition) is 1. The fourth-order valence-electron chi connectivity index (χ4n) is 3.50. The minimum Gasteiger partial charge on any atom is -0.317 e. The van der Waals surface area contributed by atoms with Crippen molar-refractivity contribution in [2.45, 2.75) is 73.9 Å². The molecule has 0 aromatic carbocycles. The van der Waals surface area contributed by atoms with Gasteiger partial charge in [0.2, 0.25) is 0 Å². The maximum Gasteiger partial charge on any atom is 0.191 e. The monoisotopic (exact) mass is 292 g/mol. The van der Waals surface area contributed by atoms with Gasteiger partial charge in [-0.2, -0.15) is 0 Å². The Kier molecular flexibility index (Phi) is 3.30. The van der Waals surface area contributed by atoms with Crippen LogP contribution >= 0.6 is 11.8 Å². The normalized spacial score (nSPS) is 33.8. The van der Waals surface area contributed by atoms with Crippen LogP contribution in [0.2, 0.25) is 0 Å². The van der Waals surface area contributed by atoms with Crippen LogP contribution in [-0.2, 0) is 0 Å². The molecule has 3 aliphatic rings. The summed E-state index contributed by atoms with van der Waals surface area (Å²) in [5.74, 6) is 2.72. The van der Waals surface area contributed by atoms with E-state index in [4.69, 9.17) is 0 Å². The van der Waals surface area contributed by atoms with Crippen LogP contribution < -0.4 is 5.32 Å². The molecule has 0 aliphatic heterocycles. The predicted molar refractivity (Wildman–Crippen MR) is 81.2 cm³/mol. The highest BCUT2D eigenvalue weighted by Crippen LogP contribution is 2.47. The van der Waals surface area contributed by atoms with Gasteiger partial charge in [0.25, 0.3) is 0 Å². The second-order valence-electron chi connectivity index (χ2n) is 6.70. The maximum absolute atomic E-state index is 4.54. The SMILES string of the molecule is CNC1CCC(Sc2nnc(C3CC3)n2C2CC2)C1C. The number of hydrogen-bond acceptors (Lipinski definition) is 4. The van der Waals surface area contributed by atoms with Crippen molar-refractivity contribution in [3.05, 3.63) is 5.82 Å². The summed E-state index contributed by atoms with van der Waals surface area (Å²) in [6.45, 7) is 2.38. The van der Waals surface area contributed by atoms with Crippen LogP contribution in [0.25, 0.3) is 0 Å². The van der Waals surface area contributed by atoms with Crippen LogP contribution in [0.1, 0.15) is 63.2 Å². The van der Waals surface area contributed by atoms with Gasteiger partial charge in [0.1, 0.15) is 5.82 Å². The van der Waals surface area contributed by atoms with Crippen molar-refractivity contribution in [3.63, 3.8) is 0 Å². The molecule has 0 saturated heterocycles. The van der Waals surface area contributed by atoms with Crippen molar-refractivity contribution >= 4 is 11.8 Å². The largest absolute Gasteiger partial charge is 0.317 e. The molecule has 1 aromatic heterocycles. The fourth-order valence-corrected chi connectivity index (χ4v) is 4.88. The number of nitrogens with one attached hydrogen (secondary N) is 1. The first-order chi connectivity index (χ1) is 9.78. The average molecular weight is 292 g/mol. The molecule has 0 radical (unpaired) electrons. The Morgan fingerprint density at radius 1 is 1.10 bits per heavy atom. The molecular weight excluding hydrogens is 268 g/mol. The van der Waals surface area contributed by atoms with Gasteiger partial charge in [-0.25, -0.2) is 0 Å². The molecule has 1 heterocycles. The summed E-state index contributed by atoms with van der Waals surface area (Å²) in [6, 6.07) is 1.38. The second-order valence-corrected chi connectivity index (χ2v) is 7.91. The third-order valence-corrected chi connectivity index (χ3v) is 6.61. The van der Waals surface area contributed by atoms with Crippen LogP contribution in [0.5, 0.6) is 0 Å². The molecule has 3 fully saturated rings. The fraction of sp³-hybridized carbons (Fsp3) is 0.867. The molecule has 0 spiro atoms. The Balaban J connectivity index is 1.54. The Morgan fingerprint density at radius 3 is 2.50 bits per heavy atom. The first kappa shape index (κ1) is 13.1. The summed E-state index contributed by atoms with van der Waals surface area (Å²) < 4.78 is 2.49. The number of thioether (sulfide) groups is 1. The smallest absolute Gasteiger partial charge is 0.191 e. The van der Waals surface area contributed by atoms with E-state index < -0.39 is 0 Å². The topological polar surface area (TPSA) is 42.7 Å². The molecule has 3 unspecified atom stereocenters. The van der Waals surface area contributed by atoms with Gasteiger partial charge in [0.15, 0.2) is 5.16 Å². The standard InChI is InChI=1S/C15H24N4S/c1-9-12(16-2)7-8-13(9)20-15-18-17-14(10-3-4-10)19(15)11-5-6-11/h9-13,16H,3-8H2,1-2H3. The molecule has 1 N–H and O–H groups in total. The molecule has 1 aromatic rings. The molecule has 0 amide bonds. The Labute approximate surface area is 125 Å². The Bertz CT molecular complexity index is 492. The lowest BCUT2D eigenvalue weighted by atomic mass is 10.1. The molecular formula is C15H24N4S. The maximum atomic E-state index is 4.54. The average Bonchev–Trinajstić information content (AvgIpc) is 3.37. The van der Waals surface area contributed by atoms with E-state index in [0.29, 0.717) is 23.3 Å². The minimum atomic E-state index is 0.674. The van der Waals surface area contributed by atoms with E-state index in [1.165, 1.54) is 49.5 Å². The summed E-state index contributed by atoms with van der Waals surface area (Å²) >= 11 is 1.99. The lowest BCUT2D eigenvalue weighted by Gasteiger charge is -2.19. The van der Waals surface area contributed by atoms with Crippen molar-refractivity contribution in [1.29, 1.82) is 0 Å². The van der Waals surface area contributed by atoms with Crippen LogP contribution in [0.15, 0.2) is 5.16 Å². The summed E-state index contributed by atoms with van der Waals surface area (Å²) in [4.78, 5) is 0.